The fourth-order valence-corrected chi connectivity index (χ4v) is 4.07. The number of hydrogen-bond donors (Lipinski definition) is 1. The second-order valence-corrected chi connectivity index (χ2v) is 7.89. The number of likely N-dealkylation sites (N-methyl/N-ethyl adjacent to an activating group) is 1. The van der Waals surface area contributed by atoms with Crippen LogP contribution in [-0.2, 0) is 4.79 Å². The van der Waals surface area contributed by atoms with Crippen molar-refractivity contribution in [2.75, 3.05) is 46.8 Å². The Morgan fingerprint density at radius 2 is 2.04 bits per heavy atom. The number of nitrogens with zero attached hydrogens (tertiary/aromatic N) is 3. The van der Waals surface area contributed by atoms with E-state index in [9.17, 15) is 14.4 Å². The number of aromatic amines is 1. The van der Waals surface area contributed by atoms with Gasteiger partial charge in [-0.15, -0.1) is 0 Å². The standard InChI is InChI=1S/C19H28N4O3/c1-21(2)10-11-22-13-19(8-6-17(22)25)7-3-9-23(14-19)18(26)15-4-5-16(24)20-12-15/h4-5,12H,3,6-11,13-14H2,1-2H3,(H,20,24)/t19-/m0/s1. The van der Waals surface area contributed by atoms with Gasteiger partial charge in [-0.2, -0.15) is 0 Å². The highest BCUT2D eigenvalue weighted by molar-refractivity contribution is 5.94. The van der Waals surface area contributed by atoms with Gasteiger partial charge in [0.1, 0.15) is 0 Å². The lowest BCUT2D eigenvalue weighted by atomic mass is 9.73. The van der Waals surface area contributed by atoms with Gasteiger partial charge in [0.05, 0.1) is 5.56 Å². The molecule has 2 saturated heterocycles. The van der Waals surface area contributed by atoms with E-state index in [-0.39, 0.29) is 22.8 Å². The van der Waals surface area contributed by atoms with Crippen LogP contribution in [0.5, 0.6) is 0 Å². The maximum absolute atomic E-state index is 12.8. The SMILES string of the molecule is CN(C)CCN1C[C@]2(CCCN(C(=O)c3ccc(=O)[nH]c3)C2)CCC1=O. The zero-order valence-electron chi connectivity index (χ0n) is 15.7. The molecule has 1 aromatic rings. The fraction of sp³-hybridized carbons (Fsp3) is 0.632. The van der Waals surface area contributed by atoms with Crippen molar-refractivity contribution in [1.82, 2.24) is 19.7 Å². The third-order valence-corrected chi connectivity index (χ3v) is 5.55. The number of aromatic nitrogens is 1. The minimum atomic E-state index is -0.209. The van der Waals surface area contributed by atoms with Crippen molar-refractivity contribution in [1.29, 1.82) is 0 Å². The van der Waals surface area contributed by atoms with Gasteiger partial charge in [0.2, 0.25) is 11.5 Å². The highest BCUT2D eigenvalue weighted by atomic mass is 16.2. The summed E-state index contributed by atoms with van der Waals surface area (Å²) in [5.41, 5.74) is 0.299. The van der Waals surface area contributed by atoms with E-state index in [1.54, 1.807) is 6.07 Å². The summed E-state index contributed by atoms with van der Waals surface area (Å²) in [5.74, 6) is 0.179. The molecule has 26 heavy (non-hydrogen) atoms. The van der Waals surface area contributed by atoms with E-state index in [1.807, 2.05) is 23.9 Å². The molecule has 7 heteroatoms. The Kier molecular flexibility index (Phi) is 5.46. The van der Waals surface area contributed by atoms with Crippen LogP contribution in [0, 0.1) is 5.41 Å². The molecule has 2 aliphatic rings. The molecule has 0 aromatic carbocycles. The summed E-state index contributed by atoms with van der Waals surface area (Å²) in [4.78, 5) is 44.8. The average molecular weight is 360 g/mol. The lowest BCUT2D eigenvalue weighted by Crippen LogP contribution is -2.55. The molecular formula is C19H28N4O3. The summed E-state index contributed by atoms with van der Waals surface area (Å²) in [6.07, 6.45) is 4.90. The summed E-state index contributed by atoms with van der Waals surface area (Å²) in [7, 11) is 4.02. The topological polar surface area (TPSA) is 76.7 Å². The number of rotatable bonds is 4. The van der Waals surface area contributed by atoms with Crippen LogP contribution in [0.3, 0.4) is 0 Å². The summed E-state index contributed by atoms with van der Waals surface area (Å²) >= 11 is 0. The molecule has 0 unspecified atom stereocenters. The summed E-state index contributed by atoms with van der Waals surface area (Å²) < 4.78 is 0. The molecular weight excluding hydrogens is 332 g/mol. The Bertz CT molecular complexity index is 709. The van der Waals surface area contributed by atoms with E-state index in [1.165, 1.54) is 12.3 Å². The number of amides is 2. The van der Waals surface area contributed by atoms with Gasteiger partial charge in [0.25, 0.3) is 5.91 Å². The van der Waals surface area contributed by atoms with E-state index in [0.717, 1.165) is 45.4 Å². The van der Waals surface area contributed by atoms with Crippen molar-refractivity contribution < 1.29 is 9.59 Å². The van der Waals surface area contributed by atoms with E-state index in [4.69, 9.17) is 0 Å². The van der Waals surface area contributed by atoms with Crippen LogP contribution in [0.4, 0.5) is 0 Å². The molecule has 3 rings (SSSR count). The van der Waals surface area contributed by atoms with Gasteiger partial charge < -0.3 is 19.7 Å². The highest BCUT2D eigenvalue weighted by Gasteiger charge is 2.42. The second-order valence-electron chi connectivity index (χ2n) is 7.89. The summed E-state index contributed by atoms with van der Waals surface area (Å²) in [6.45, 7) is 3.72. The van der Waals surface area contributed by atoms with Crippen molar-refractivity contribution in [2.45, 2.75) is 25.7 Å². The van der Waals surface area contributed by atoms with Crippen molar-refractivity contribution in [3.8, 4) is 0 Å². The Morgan fingerprint density at radius 1 is 1.23 bits per heavy atom. The molecule has 1 aromatic heterocycles. The number of nitrogens with one attached hydrogen (secondary N) is 1. The van der Waals surface area contributed by atoms with Crippen molar-refractivity contribution >= 4 is 11.8 Å². The first-order valence-corrected chi connectivity index (χ1v) is 9.29. The number of carbonyl (C=O) groups excluding carboxylic acids is 2. The maximum Gasteiger partial charge on any atom is 0.255 e. The number of H-pyrrole nitrogens is 1. The van der Waals surface area contributed by atoms with Gasteiger partial charge >= 0.3 is 0 Å². The van der Waals surface area contributed by atoms with Gasteiger partial charge in [-0.1, -0.05) is 0 Å². The molecule has 2 aliphatic heterocycles. The molecule has 1 N–H and O–H groups in total. The molecule has 2 amide bonds. The highest BCUT2D eigenvalue weighted by Crippen LogP contribution is 2.39. The van der Waals surface area contributed by atoms with Crippen LogP contribution in [0.25, 0.3) is 0 Å². The Morgan fingerprint density at radius 3 is 2.73 bits per heavy atom. The minimum Gasteiger partial charge on any atom is -0.341 e. The fourth-order valence-electron chi connectivity index (χ4n) is 4.07. The Hall–Kier alpha value is -2.15. The molecule has 0 radical (unpaired) electrons. The van der Waals surface area contributed by atoms with Gasteiger partial charge in [-0.05, 0) is 39.4 Å². The van der Waals surface area contributed by atoms with Crippen molar-refractivity contribution in [2.24, 2.45) is 5.41 Å². The van der Waals surface area contributed by atoms with Crippen LogP contribution in [0.2, 0.25) is 0 Å². The Balaban J connectivity index is 1.70. The number of piperidine rings is 2. The van der Waals surface area contributed by atoms with E-state index >= 15 is 0 Å². The lowest BCUT2D eigenvalue weighted by Gasteiger charge is -2.48. The van der Waals surface area contributed by atoms with E-state index < -0.39 is 0 Å². The van der Waals surface area contributed by atoms with Gasteiger partial charge in [0.15, 0.2) is 0 Å². The molecule has 0 saturated carbocycles. The molecule has 7 nitrogen and oxygen atoms in total. The molecule has 142 valence electrons. The van der Waals surface area contributed by atoms with E-state index in [0.29, 0.717) is 18.5 Å². The van der Waals surface area contributed by atoms with Crippen LogP contribution in [0.15, 0.2) is 23.1 Å². The first-order valence-electron chi connectivity index (χ1n) is 9.29. The number of likely N-dealkylation sites (tertiary alicyclic amines) is 2. The zero-order valence-corrected chi connectivity index (χ0v) is 15.7. The second kappa shape index (κ2) is 7.61. The van der Waals surface area contributed by atoms with Crippen LogP contribution in [0.1, 0.15) is 36.0 Å². The molecule has 0 aliphatic carbocycles. The number of pyridine rings is 1. The molecule has 1 spiro atoms. The third kappa shape index (κ3) is 4.15. The zero-order chi connectivity index (χ0) is 18.7. The first-order chi connectivity index (χ1) is 12.4. The van der Waals surface area contributed by atoms with Crippen molar-refractivity contribution in [3.63, 3.8) is 0 Å². The quantitative estimate of drug-likeness (QED) is 0.861. The monoisotopic (exact) mass is 360 g/mol. The summed E-state index contributed by atoms with van der Waals surface area (Å²) in [6, 6.07) is 2.96. The van der Waals surface area contributed by atoms with Crippen LogP contribution >= 0.6 is 0 Å². The minimum absolute atomic E-state index is 0.00365. The van der Waals surface area contributed by atoms with Gasteiger partial charge in [0, 0.05) is 56.8 Å². The molecule has 2 fully saturated rings. The predicted octanol–water partition coefficient (Wildman–Crippen LogP) is 0.781. The maximum atomic E-state index is 12.8. The van der Waals surface area contributed by atoms with Gasteiger partial charge in [-0.25, -0.2) is 0 Å². The molecule has 1 atom stereocenters. The molecule has 3 heterocycles. The largest absolute Gasteiger partial charge is 0.341 e. The van der Waals surface area contributed by atoms with Crippen LogP contribution < -0.4 is 5.56 Å². The summed E-state index contributed by atoms with van der Waals surface area (Å²) in [5, 5.41) is 0. The predicted molar refractivity (Wildman–Crippen MR) is 99.0 cm³/mol. The number of hydrogen-bond acceptors (Lipinski definition) is 4. The average Bonchev–Trinajstić information content (AvgIpc) is 2.63. The van der Waals surface area contributed by atoms with Crippen LogP contribution in [-0.4, -0.2) is 78.3 Å². The lowest BCUT2D eigenvalue weighted by molar-refractivity contribution is -0.139. The van der Waals surface area contributed by atoms with E-state index in [2.05, 4.69) is 9.88 Å². The number of carbonyl (C=O) groups is 2. The third-order valence-electron chi connectivity index (χ3n) is 5.55. The normalized spacial score (nSPS) is 23.7. The Labute approximate surface area is 154 Å². The molecule has 0 bridgehead atoms. The first kappa shape index (κ1) is 18.6. The smallest absolute Gasteiger partial charge is 0.255 e. The van der Waals surface area contributed by atoms with Gasteiger partial charge in [-0.3, -0.25) is 14.4 Å². The van der Waals surface area contributed by atoms with Crippen molar-refractivity contribution in [3.05, 3.63) is 34.2 Å².